The molecular formula is C12H7F2O. The van der Waals surface area contributed by atoms with E-state index in [1.165, 1.54) is 30.3 Å². The van der Waals surface area contributed by atoms with Gasteiger partial charge in [-0.15, -0.1) is 0 Å². The minimum atomic E-state index is -0.510. The van der Waals surface area contributed by atoms with E-state index in [0.29, 0.717) is 5.75 Å². The molecule has 0 heterocycles. The zero-order valence-electron chi connectivity index (χ0n) is 7.71. The molecule has 0 atom stereocenters. The summed E-state index contributed by atoms with van der Waals surface area (Å²) >= 11 is 0. The molecule has 0 spiro atoms. The van der Waals surface area contributed by atoms with Crippen molar-refractivity contribution >= 4 is 0 Å². The largest absolute Gasteiger partial charge is 0.457 e. The Balaban J connectivity index is 2.22. The smallest absolute Gasteiger partial charge is 0.138 e. The summed E-state index contributed by atoms with van der Waals surface area (Å²) in [7, 11) is 0. The van der Waals surface area contributed by atoms with Crippen LogP contribution in [-0.4, -0.2) is 0 Å². The molecule has 0 amide bonds. The SMILES string of the molecule is Fc1[c]c(Oc2cccc(F)c2)ccc1. The van der Waals surface area contributed by atoms with Crippen molar-refractivity contribution in [1.82, 2.24) is 0 Å². The molecule has 2 rings (SSSR count). The Morgan fingerprint density at radius 1 is 1.00 bits per heavy atom. The molecule has 75 valence electrons. The summed E-state index contributed by atoms with van der Waals surface area (Å²) in [6.07, 6.45) is 0. The summed E-state index contributed by atoms with van der Waals surface area (Å²) in [6.45, 7) is 0. The first kappa shape index (κ1) is 9.65. The highest BCUT2D eigenvalue weighted by atomic mass is 19.1. The van der Waals surface area contributed by atoms with Crippen LogP contribution in [0.5, 0.6) is 11.5 Å². The summed E-state index contributed by atoms with van der Waals surface area (Å²) in [5, 5.41) is 0. The molecule has 3 heteroatoms. The van der Waals surface area contributed by atoms with Crippen molar-refractivity contribution in [3.8, 4) is 11.5 Å². The van der Waals surface area contributed by atoms with Crippen LogP contribution in [0.3, 0.4) is 0 Å². The van der Waals surface area contributed by atoms with Crippen LogP contribution in [0, 0.1) is 17.7 Å². The van der Waals surface area contributed by atoms with E-state index in [9.17, 15) is 8.78 Å². The second-order valence-corrected chi connectivity index (χ2v) is 2.92. The van der Waals surface area contributed by atoms with Crippen LogP contribution >= 0.6 is 0 Å². The standard InChI is InChI=1S/C12H7F2O/c13-9-3-1-5-11(7-9)15-12-6-2-4-10(14)8-12/h1-7H. The van der Waals surface area contributed by atoms with Crippen molar-refractivity contribution in [1.29, 1.82) is 0 Å². The molecule has 1 nitrogen and oxygen atoms in total. The normalized spacial score (nSPS) is 10.0. The fraction of sp³-hybridized carbons (Fsp3) is 0. The molecule has 1 radical (unpaired) electrons. The molecule has 0 saturated carbocycles. The quantitative estimate of drug-likeness (QED) is 0.728. The number of halogens is 2. The second kappa shape index (κ2) is 4.09. The van der Waals surface area contributed by atoms with Gasteiger partial charge in [0.15, 0.2) is 0 Å². The van der Waals surface area contributed by atoms with Crippen molar-refractivity contribution < 1.29 is 13.5 Å². The Labute approximate surface area is 85.9 Å². The summed E-state index contributed by atoms with van der Waals surface area (Å²) < 4.78 is 30.7. The zero-order valence-corrected chi connectivity index (χ0v) is 7.71. The van der Waals surface area contributed by atoms with Crippen LogP contribution in [-0.2, 0) is 0 Å². The molecule has 0 bridgehead atoms. The molecule has 0 N–H and O–H groups in total. The molecular weight excluding hydrogens is 198 g/mol. The van der Waals surface area contributed by atoms with E-state index in [0.717, 1.165) is 0 Å². The maximum atomic E-state index is 12.8. The highest BCUT2D eigenvalue weighted by molar-refractivity contribution is 5.30. The molecule has 0 aliphatic rings. The molecule has 0 aromatic heterocycles. The van der Waals surface area contributed by atoms with Gasteiger partial charge < -0.3 is 4.74 Å². The fourth-order valence-electron chi connectivity index (χ4n) is 1.14. The van der Waals surface area contributed by atoms with Crippen LogP contribution in [0.1, 0.15) is 0 Å². The number of rotatable bonds is 2. The zero-order chi connectivity index (χ0) is 10.7. The fourth-order valence-corrected chi connectivity index (χ4v) is 1.14. The van der Waals surface area contributed by atoms with E-state index in [1.54, 1.807) is 12.1 Å². The van der Waals surface area contributed by atoms with E-state index in [2.05, 4.69) is 6.07 Å². The van der Waals surface area contributed by atoms with Crippen molar-refractivity contribution in [3.05, 3.63) is 60.2 Å². The van der Waals surface area contributed by atoms with Gasteiger partial charge in [0.05, 0.1) is 6.07 Å². The van der Waals surface area contributed by atoms with E-state index < -0.39 is 11.6 Å². The van der Waals surface area contributed by atoms with Crippen LogP contribution < -0.4 is 4.74 Å². The third kappa shape index (κ3) is 2.53. The summed E-state index contributed by atoms with van der Waals surface area (Å²) in [5.41, 5.74) is 0. The van der Waals surface area contributed by atoms with E-state index in [1.807, 2.05) is 0 Å². The van der Waals surface area contributed by atoms with Crippen LogP contribution in [0.4, 0.5) is 8.78 Å². The van der Waals surface area contributed by atoms with Crippen molar-refractivity contribution in [3.63, 3.8) is 0 Å². The highest BCUT2D eigenvalue weighted by Gasteiger charge is 2.00. The van der Waals surface area contributed by atoms with Crippen molar-refractivity contribution in [2.75, 3.05) is 0 Å². The summed E-state index contributed by atoms with van der Waals surface area (Å²) in [4.78, 5) is 0. The lowest BCUT2D eigenvalue weighted by Crippen LogP contribution is -1.86. The van der Waals surface area contributed by atoms with Crippen LogP contribution in [0.25, 0.3) is 0 Å². The molecule has 2 aromatic carbocycles. The average Bonchev–Trinajstić information content (AvgIpc) is 2.17. The predicted octanol–water partition coefficient (Wildman–Crippen LogP) is 3.56. The van der Waals surface area contributed by atoms with Gasteiger partial charge in [-0.2, -0.15) is 0 Å². The van der Waals surface area contributed by atoms with Crippen LogP contribution in [0.15, 0.2) is 42.5 Å². The molecule has 0 saturated heterocycles. The molecule has 0 aliphatic carbocycles. The maximum absolute atomic E-state index is 12.8. The monoisotopic (exact) mass is 205 g/mol. The van der Waals surface area contributed by atoms with Gasteiger partial charge in [-0.05, 0) is 24.3 Å². The van der Waals surface area contributed by atoms with E-state index in [4.69, 9.17) is 4.74 Å². The summed E-state index contributed by atoms with van der Waals surface area (Å²) in [5.74, 6) is -0.370. The predicted molar refractivity (Wildman–Crippen MR) is 51.7 cm³/mol. The maximum Gasteiger partial charge on any atom is 0.138 e. The van der Waals surface area contributed by atoms with E-state index >= 15 is 0 Å². The number of ether oxygens (including phenoxy) is 1. The van der Waals surface area contributed by atoms with Crippen LogP contribution in [0.2, 0.25) is 0 Å². The van der Waals surface area contributed by atoms with E-state index in [-0.39, 0.29) is 5.75 Å². The molecule has 0 unspecified atom stereocenters. The second-order valence-electron chi connectivity index (χ2n) is 2.92. The van der Waals surface area contributed by atoms with Gasteiger partial charge in [0, 0.05) is 6.07 Å². The van der Waals surface area contributed by atoms with Gasteiger partial charge in [0.1, 0.15) is 23.1 Å². The minimum Gasteiger partial charge on any atom is -0.457 e. The number of hydrogen-bond acceptors (Lipinski definition) is 1. The number of benzene rings is 2. The Kier molecular flexibility index (Phi) is 2.63. The van der Waals surface area contributed by atoms with Gasteiger partial charge in [0.25, 0.3) is 0 Å². The Morgan fingerprint density at radius 3 is 2.53 bits per heavy atom. The first-order chi connectivity index (χ1) is 7.24. The molecule has 2 aromatic rings. The van der Waals surface area contributed by atoms with Gasteiger partial charge in [-0.25, -0.2) is 8.78 Å². The van der Waals surface area contributed by atoms with Gasteiger partial charge in [-0.3, -0.25) is 0 Å². The lowest BCUT2D eigenvalue weighted by atomic mass is 10.3. The summed E-state index contributed by atoms with van der Waals surface area (Å²) in [6, 6.07) is 12.3. The third-order valence-corrected chi connectivity index (χ3v) is 1.76. The highest BCUT2D eigenvalue weighted by Crippen LogP contribution is 2.21. The molecule has 15 heavy (non-hydrogen) atoms. The Hall–Kier alpha value is -1.90. The van der Waals surface area contributed by atoms with Gasteiger partial charge >= 0.3 is 0 Å². The van der Waals surface area contributed by atoms with Crippen molar-refractivity contribution in [2.45, 2.75) is 0 Å². The lowest BCUT2D eigenvalue weighted by Gasteiger charge is -2.04. The topological polar surface area (TPSA) is 9.23 Å². The van der Waals surface area contributed by atoms with Gasteiger partial charge in [0.2, 0.25) is 0 Å². The third-order valence-electron chi connectivity index (χ3n) is 1.76. The Morgan fingerprint density at radius 2 is 1.80 bits per heavy atom. The number of hydrogen-bond donors (Lipinski definition) is 0. The van der Waals surface area contributed by atoms with Gasteiger partial charge in [-0.1, -0.05) is 12.1 Å². The minimum absolute atomic E-state index is 0.223. The first-order valence-electron chi connectivity index (χ1n) is 4.35. The van der Waals surface area contributed by atoms with Crippen molar-refractivity contribution in [2.24, 2.45) is 0 Å². The first-order valence-corrected chi connectivity index (χ1v) is 4.35. The lowest BCUT2D eigenvalue weighted by molar-refractivity contribution is 0.470. The molecule has 0 aliphatic heterocycles. The average molecular weight is 205 g/mol. The Bertz CT molecular complexity index is 425. The molecule has 0 fully saturated rings.